The van der Waals surface area contributed by atoms with Crippen LogP contribution in [0.4, 0.5) is 0 Å². The predicted octanol–water partition coefficient (Wildman–Crippen LogP) is 2.87. The summed E-state index contributed by atoms with van der Waals surface area (Å²) in [4.78, 5) is 0. The molecule has 0 aromatic carbocycles. The fourth-order valence-corrected chi connectivity index (χ4v) is 3.52. The van der Waals surface area contributed by atoms with E-state index in [1.807, 2.05) is 0 Å². The van der Waals surface area contributed by atoms with E-state index in [2.05, 4.69) is 0 Å². The standard InChI is InChI=1S/C14H26O2/c15-13(10-11-6-4-5-7-11)14(16)12-8-2-1-3-9-12/h11-16H,1-10H2. The number of hydrogen-bond acceptors (Lipinski definition) is 2. The lowest BCUT2D eigenvalue weighted by molar-refractivity contribution is -0.0371. The fourth-order valence-electron chi connectivity index (χ4n) is 3.52. The molecular formula is C14H26O2. The Balaban J connectivity index is 1.75. The Morgan fingerprint density at radius 1 is 0.812 bits per heavy atom. The second kappa shape index (κ2) is 6.02. The van der Waals surface area contributed by atoms with Crippen molar-refractivity contribution in [1.29, 1.82) is 0 Å². The molecule has 0 spiro atoms. The van der Waals surface area contributed by atoms with E-state index < -0.39 is 12.2 Å². The van der Waals surface area contributed by atoms with Crippen LogP contribution >= 0.6 is 0 Å². The summed E-state index contributed by atoms with van der Waals surface area (Å²) in [5.41, 5.74) is 0. The van der Waals surface area contributed by atoms with Gasteiger partial charge in [0.2, 0.25) is 0 Å². The summed E-state index contributed by atoms with van der Waals surface area (Å²) < 4.78 is 0. The van der Waals surface area contributed by atoms with Gasteiger partial charge in [0.15, 0.2) is 0 Å². The first-order valence-electron chi connectivity index (χ1n) is 7.13. The monoisotopic (exact) mass is 226 g/mol. The maximum absolute atomic E-state index is 10.2. The molecule has 0 aromatic heterocycles. The van der Waals surface area contributed by atoms with E-state index in [4.69, 9.17) is 0 Å². The van der Waals surface area contributed by atoms with Crippen LogP contribution in [0.3, 0.4) is 0 Å². The van der Waals surface area contributed by atoms with Gasteiger partial charge in [0.25, 0.3) is 0 Å². The third kappa shape index (κ3) is 3.21. The molecule has 0 amide bonds. The van der Waals surface area contributed by atoms with Crippen LogP contribution in [-0.2, 0) is 0 Å². The van der Waals surface area contributed by atoms with E-state index in [-0.39, 0.29) is 0 Å². The molecule has 2 heteroatoms. The lowest BCUT2D eigenvalue weighted by Crippen LogP contribution is -2.35. The molecular weight excluding hydrogens is 200 g/mol. The minimum absolute atomic E-state index is 0.366. The molecule has 2 fully saturated rings. The van der Waals surface area contributed by atoms with Crippen molar-refractivity contribution in [3.63, 3.8) is 0 Å². The SMILES string of the molecule is OC(CC1CCCC1)C(O)C1CCCCC1. The first kappa shape index (κ1) is 12.4. The second-order valence-corrected chi connectivity index (χ2v) is 5.84. The zero-order chi connectivity index (χ0) is 11.4. The molecule has 2 unspecified atom stereocenters. The van der Waals surface area contributed by atoms with Crippen LogP contribution in [0, 0.1) is 11.8 Å². The van der Waals surface area contributed by atoms with E-state index in [0.29, 0.717) is 11.8 Å². The second-order valence-electron chi connectivity index (χ2n) is 5.84. The predicted molar refractivity (Wildman–Crippen MR) is 65.2 cm³/mol. The van der Waals surface area contributed by atoms with Crippen LogP contribution in [-0.4, -0.2) is 22.4 Å². The molecule has 0 heterocycles. The van der Waals surface area contributed by atoms with Gasteiger partial charge in [-0.25, -0.2) is 0 Å². The molecule has 2 aliphatic carbocycles. The first-order valence-corrected chi connectivity index (χ1v) is 7.13. The molecule has 0 aromatic rings. The molecule has 2 rings (SSSR count). The molecule has 94 valence electrons. The molecule has 16 heavy (non-hydrogen) atoms. The first-order chi connectivity index (χ1) is 7.77. The molecule has 0 saturated heterocycles. The van der Waals surface area contributed by atoms with E-state index in [1.54, 1.807) is 0 Å². The Hall–Kier alpha value is -0.0800. The molecule has 0 radical (unpaired) electrons. The molecule has 2 saturated carbocycles. The normalized spacial score (nSPS) is 28.1. The Morgan fingerprint density at radius 3 is 2.00 bits per heavy atom. The summed E-state index contributed by atoms with van der Waals surface area (Å²) in [7, 11) is 0. The Bertz CT molecular complexity index is 193. The highest BCUT2D eigenvalue weighted by molar-refractivity contribution is 4.81. The van der Waals surface area contributed by atoms with Crippen LogP contribution in [0.2, 0.25) is 0 Å². The zero-order valence-corrected chi connectivity index (χ0v) is 10.3. The van der Waals surface area contributed by atoms with Gasteiger partial charge in [0.1, 0.15) is 0 Å². The molecule has 2 atom stereocenters. The third-order valence-corrected chi connectivity index (χ3v) is 4.58. The Morgan fingerprint density at radius 2 is 1.38 bits per heavy atom. The van der Waals surface area contributed by atoms with Crippen molar-refractivity contribution >= 4 is 0 Å². The maximum Gasteiger partial charge on any atom is 0.0827 e. The lowest BCUT2D eigenvalue weighted by atomic mass is 9.81. The quantitative estimate of drug-likeness (QED) is 0.774. The van der Waals surface area contributed by atoms with Gasteiger partial charge in [-0.15, -0.1) is 0 Å². The van der Waals surface area contributed by atoms with E-state index in [1.165, 1.54) is 44.9 Å². The fraction of sp³-hybridized carbons (Fsp3) is 1.00. The van der Waals surface area contributed by atoms with Crippen molar-refractivity contribution in [3.8, 4) is 0 Å². The van der Waals surface area contributed by atoms with Gasteiger partial charge in [0.05, 0.1) is 12.2 Å². The van der Waals surface area contributed by atoms with Crippen molar-refractivity contribution < 1.29 is 10.2 Å². The highest BCUT2D eigenvalue weighted by Crippen LogP contribution is 2.33. The van der Waals surface area contributed by atoms with Gasteiger partial charge in [-0.3, -0.25) is 0 Å². The minimum atomic E-state index is -0.466. The summed E-state index contributed by atoms with van der Waals surface area (Å²) in [6.07, 6.45) is 11.1. The van der Waals surface area contributed by atoms with Gasteiger partial charge >= 0.3 is 0 Å². The van der Waals surface area contributed by atoms with Crippen molar-refractivity contribution in [2.24, 2.45) is 11.8 Å². The number of aliphatic hydroxyl groups excluding tert-OH is 2. The average molecular weight is 226 g/mol. The van der Waals surface area contributed by atoms with Gasteiger partial charge in [-0.05, 0) is 31.1 Å². The Labute approximate surface area is 99.1 Å². The summed E-state index contributed by atoms with van der Waals surface area (Å²) in [5, 5.41) is 20.2. The highest BCUT2D eigenvalue weighted by Gasteiger charge is 2.29. The van der Waals surface area contributed by atoms with Gasteiger partial charge in [0, 0.05) is 0 Å². The van der Waals surface area contributed by atoms with E-state index in [0.717, 1.165) is 19.3 Å². The summed E-state index contributed by atoms with van der Waals surface area (Å²) >= 11 is 0. The van der Waals surface area contributed by atoms with Crippen molar-refractivity contribution in [2.75, 3.05) is 0 Å². The number of aliphatic hydroxyl groups is 2. The number of rotatable bonds is 4. The molecule has 2 nitrogen and oxygen atoms in total. The Kier molecular flexibility index (Phi) is 4.66. The van der Waals surface area contributed by atoms with Gasteiger partial charge < -0.3 is 10.2 Å². The molecule has 0 bridgehead atoms. The summed E-state index contributed by atoms with van der Waals surface area (Å²) in [5.74, 6) is 1.04. The third-order valence-electron chi connectivity index (χ3n) is 4.58. The summed E-state index contributed by atoms with van der Waals surface area (Å²) in [6.45, 7) is 0. The minimum Gasteiger partial charge on any atom is -0.390 e. The van der Waals surface area contributed by atoms with Gasteiger partial charge in [-0.1, -0.05) is 44.9 Å². The van der Waals surface area contributed by atoms with E-state index >= 15 is 0 Å². The van der Waals surface area contributed by atoms with Crippen LogP contribution in [0.1, 0.15) is 64.2 Å². The maximum atomic E-state index is 10.2. The average Bonchev–Trinajstić information content (AvgIpc) is 2.82. The summed E-state index contributed by atoms with van der Waals surface area (Å²) in [6, 6.07) is 0. The number of hydrogen-bond donors (Lipinski definition) is 2. The van der Waals surface area contributed by atoms with Crippen LogP contribution < -0.4 is 0 Å². The van der Waals surface area contributed by atoms with Gasteiger partial charge in [-0.2, -0.15) is 0 Å². The van der Waals surface area contributed by atoms with Crippen molar-refractivity contribution in [1.82, 2.24) is 0 Å². The zero-order valence-electron chi connectivity index (χ0n) is 10.3. The molecule has 2 aliphatic rings. The smallest absolute Gasteiger partial charge is 0.0827 e. The highest BCUT2D eigenvalue weighted by atomic mass is 16.3. The topological polar surface area (TPSA) is 40.5 Å². The van der Waals surface area contributed by atoms with E-state index in [9.17, 15) is 10.2 Å². The van der Waals surface area contributed by atoms with Crippen LogP contribution in [0.15, 0.2) is 0 Å². The van der Waals surface area contributed by atoms with Crippen LogP contribution in [0.5, 0.6) is 0 Å². The molecule has 0 aliphatic heterocycles. The largest absolute Gasteiger partial charge is 0.390 e. The van der Waals surface area contributed by atoms with Crippen molar-refractivity contribution in [3.05, 3.63) is 0 Å². The lowest BCUT2D eigenvalue weighted by Gasteiger charge is -2.30. The molecule has 2 N–H and O–H groups in total. The van der Waals surface area contributed by atoms with Crippen molar-refractivity contribution in [2.45, 2.75) is 76.4 Å². The van der Waals surface area contributed by atoms with Crippen LogP contribution in [0.25, 0.3) is 0 Å².